The van der Waals surface area contributed by atoms with Gasteiger partial charge in [-0.1, -0.05) is 6.07 Å². The fourth-order valence-corrected chi connectivity index (χ4v) is 2.44. The first-order valence-electron chi connectivity index (χ1n) is 6.13. The van der Waals surface area contributed by atoms with Crippen LogP contribution in [0.5, 0.6) is 11.5 Å². The van der Waals surface area contributed by atoms with E-state index in [0.717, 1.165) is 6.26 Å². The molecule has 21 heavy (non-hydrogen) atoms. The van der Waals surface area contributed by atoms with Gasteiger partial charge in [0.05, 0.1) is 17.4 Å². The van der Waals surface area contributed by atoms with Crippen molar-refractivity contribution in [2.45, 2.75) is 11.3 Å². The summed E-state index contributed by atoms with van der Waals surface area (Å²) in [5.41, 5.74) is 6.96. The van der Waals surface area contributed by atoms with E-state index in [1.807, 2.05) is 6.07 Å². The van der Waals surface area contributed by atoms with Gasteiger partial charge in [0.1, 0.15) is 11.5 Å². The zero-order chi connectivity index (χ0) is 15.5. The molecule has 0 radical (unpaired) electrons. The SMILES string of the molecule is CS(=O)(=O)c1cccc(Oc2ccc(N)c(CC#N)c2)c1. The van der Waals surface area contributed by atoms with Crippen LogP contribution in [0.4, 0.5) is 5.69 Å². The number of hydrogen-bond donors (Lipinski definition) is 1. The Bertz CT molecular complexity index is 808. The molecule has 5 nitrogen and oxygen atoms in total. The molecule has 0 atom stereocenters. The number of hydrogen-bond acceptors (Lipinski definition) is 5. The summed E-state index contributed by atoms with van der Waals surface area (Å²) in [7, 11) is -3.28. The lowest BCUT2D eigenvalue weighted by Crippen LogP contribution is -1.97. The van der Waals surface area contributed by atoms with E-state index in [2.05, 4.69) is 0 Å². The van der Waals surface area contributed by atoms with Crippen LogP contribution >= 0.6 is 0 Å². The van der Waals surface area contributed by atoms with Gasteiger partial charge >= 0.3 is 0 Å². The lowest BCUT2D eigenvalue weighted by Gasteiger charge is -2.09. The summed E-state index contributed by atoms with van der Waals surface area (Å²) in [5, 5.41) is 8.74. The second-order valence-corrected chi connectivity index (χ2v) is 6.56. The fraction of sp³-hybridized carbons (Fsp3) is 0.133. The first-order valence-corrected chi connectivity index (χ1v) is 8.02. The van der Waals surface area contributed by atoms with Crippen molar-refractivity contribution in [3.8, 4) is 17.6 Å². The second kappa shape index (κ2) is 5.85. The lowest BCUT2D eigenvalue weighted by molar-refractivity contribution is 0.480. The Hall–Kier alpha value is -2.52. The third-order valence-electron chi connectivity index (χ3n) is 2.85. The van der Waals surface area contributed by atoms with Gasteiger partial charge in [-0.15, -0.1) is 0 Å². The Balaban J connectivity index is 2.31. The molecule has 0 unspecified atom stereocenters. The van der Waals surface area contributed by atoms with Crippen molar-refractivity contribution in [3.05, 3.63) is 48.0 Å². The molecule has 2 rings (SSSR count). The van der Waals surface area contributed by atoms with E-state index < -0.39 is 9.84 Å². The molecule has 0 saturated carbocycles. The number of nitrogens with zero attached hydrogens (tertiary/aromatic N) is 1. The van der Waals surface area contributed by atoms with Crippen LogP contribution in [0.25, 0.3) is 0 Å². The zero-order valence-electron chi connectivity index (χ0n) is 11.4. The number of nitriles is 1. The Labute approximate surface area is 123 Å². The molecule has 2 aromatic carbocycles. The molecule has 0 heterocycles. The third kappa shape index (κ3) is 3.74. The lowest BCUT2D eigenvalue weighted by atomic mass is 10.1. The van der Waals surface area contributed by atoms with Gasteiger partial charge in [0.15, 0.2) is 9.84 Å². The number of nitrogens with two attached hydrogens (primary N) is 1. The van der Waals surface area contributed by atoms with Crippen molar-refractivity contribution >= 4 is 15.5 Å². The molecule has 2 aromatic rings. The molecule has 0 fully saturated rings. The average molecular weight is 302 g/mol. The van der Waals surface area contributed by atoms with Crippen molar-refractivity contribution in [2.75, 3.05) is 12.0 Å². The third-order valence-corrected chi connectivity index (χ3v) is 3.96. The first kappa shape index (κ1) is 14.9. The molecular formula is C15H14N2O3S. The molecule has 6 heteroatoms. The van der Waals surface area contributed by atoms with E-state index in [-0.39, 0.29) is 11.3 Å². The van der Waals surface area contributed by atoms with Crippen LogP contribution in [0.15, 0.2) is 47.4 Å². The van der Waals surface area contributed by atoms with Gasteiger partial charge in [0.2, 0.25) is 0 Å². The van der Waals surface area contributed by atoms with Crippen molar-refractivity contribution in [2.24, 2.45) is 0 Å². The minimum atomic E-state index is -3.28. The first-order chi connectivity index (χ1) is 9.90. The molecule has 0 amide bonds. The quantitative estimate of drug-likeness (QED) is 0.876. The van der Waals surface area contributed by atoms with Crippen molar-refractivity contribution in [1.29, 1.82) is 5.26 Å². The van der Waals surface area contributed by atoms with E-state index in [1.165, 1.54) is 12.1 Å². The fourth-order valence-electron chi connectivity index (χ4n) is 1.79. The molecule has 0 bridgehead atoms. The van der Waals surface area contributed by atoms with Gasteiger partial charge < -0.3 is 10.5 Å². The molecule has 0 spiro atoms. The predicted octanol–water partition coefficient (Wildman–Crippen LogP) is 2.53. The maximum absolute atomic E-state index is 11.5. The van der Waals surface area contributed by atoms with E-state index in [0.29, 0.717) is 22.7 Å². The minimum absolute atomic E-state index is 0.187. The molecule has 0 saturated heterocycles. The number of benzene rings is 2. The average Bonchev–Trinajstić information content (AvgIpc) is 2.42. The maximum Gasteiger partial charge on any atom is 0.175 e. The Kier molecular flexibility index (Phi) is 4.15. The summed E-state index contributed by atoms with van der Waals surface area (Å²) in [6, 6.07) is 13.3. The number of sulfone groups is 1. The van der Waals surface area contributed by atoms with Crippen LogP contribution in [0.2, 0.25) is 0 Å². The van der Waals surface area contributed by atoms with E-state index in [1.54, 1.807) is 30.3 Å². The highest BCUT2D eigenvalue weighted by Gasteiger charge is 2.09. The largest absolute Gasteiger partial charge is 0.457 e. The van der Waals surface area contributed by atoms with E-state index in [9.17, 15) is 8.42 Å². The molecule has 108 valence electrons. The van der Waals surface area contributed by atoms with Gasteiger partial charge in [-0.05, 0) is 42.0 Å². The van der Waals surface area contributed by atoms with Gasteiger partial charge in [0.25, 0.3) is 0 Å². The number of ether oxygens (including phenoxy) is 1. The monoisotopic (exact) mass is 302 g/mol. The van der Waals surface area contributed by atoms with Crippen LogP contribution < -0.4 is 10.5 Å². The summed E-state index contributed by atoms with van der Waals surface area (Å²) in [6.45, 7) is 0. The summed E-state index contributed by atoms with van der Waals surface area (Å²) < 4.78 is 28.7. The Morgan fingerprint density at radius 1 is 1.19 bits per heavy atom. The van der Waals surface area contributed by atoms with Crippen LogP contribution in [0.3, 0.4) is 0 Å². The van der Waals surface area contributed by atoms with Crippen LogP contribution in [0, 0.1) is 11.3 Å². The van der Waals surface area contributed by atoms with Gasteiger partial charge in [-0.25, -0.2) is 8.42 Å². The van der Waals surface area contributed by atoms with Crippen LogP contribution in [-0.2, 0) is 16.3 Å². The van der Waals surface area contributed by atoms with E-state index in [4.69, 9.17) is 15.7 Å². The van der Waals surface area contributed by atoms with Crippen molar-refractivity contribution in [3.63, 3.8) is 0 Å². The highest BCUT2D eigenvalue weighted by atomic mass is 32.2. The topological polar surface area (TPSA) is 93.2 Å². The van der Waals surface area contributed by atoms with Gasteiger partial charge in [-0.3, -0.25) is 0 Å². The standard InChI is InChI=1S/C15H14N2O3S/c1-21(18,19)14-4-2-3-12(10-14)20-13-5-6-15(17)11(9-13)7-8-16/h2-6,9-10H,7,17H2,1H3. The molecule has 0 aliphatic carbocycles. The molecular weight excluding hydrogens is 288 g/mol. The number of anilines is 1. The molecule has 0 aliphatic rings. The van der Waals surface area contributed by atoms with Gasteiger partial charge in [0, 0.05) is 11.9 Å². The van der Waals surface area contributed by atoms with E-state index >= 15 is 0 Å². The van der Waals surface area contributed by atoms with Crippen LogP contribution in [-0.4, -0.2) is 14.7 Å². The van der Waals surface area contributed by atoms with Crippen molar-refractivity contribution in [1.82, 2.24) is 0 Å². The maximum atomic E-state index is 11.5. The highest BCUT2D eigenvalue weighted by molar-refractivity contribution is 7.90. The molecule has 0 aromatic heterocycles. The Morgan fingerprint density at radius 2 is 1.90 bits per heavy atom. The summed E-state index contributed by atoms with van der Waals surface area (Å²) >= 11 is 0. The Morgan fingerprint density at radius 3 is 2.57 bits per heavy atom. The molecule has 0 aliphatic heterocycles. The zero-order valence-corrected chi connectivity index (χ0v) is 12.2. The minimum Gasteiger partial charge on any atom is -0.457 e. The normalized spacial score (nSPS) is 10.9. The molecule has 2 N–H and O–H groups in total. The number of rotatable bonds is 4. The van der Waals surface area contributed by atoms with Gasteiger partial charge in [-0.2, -0.15) is 5.26 Å². The number of nitrogen functional groups attached to an aromatic ring is 1. The van der Waals surface area contributed by atoms with Crippen LogP contribution in [0.1, 0.15) is 5.56 Å². The second-order valence-electron chi connectivity index (χ2n) is 4.54. The summed E-state index contributed by atoms with van der Waals surface area (Å²) in [5.74, 6) is 0.908. The van der Waals surface area contributed by atoms with Crippen molar-refractivity contribution < 1.29 is 13.2 Å². The predicted molar refractivity (Wildman–Crippen MR) is 79.8 cm³/mol. The summed E-state index contributed by atoms with van der Waals surface area (Å²) in [6.07, 6.45) is 1.33. The highest BCUT2D eigenvalue weighted by Crippen LogP contribution is 2.27. The smallest absolute Gasteiger partial charge is 0.175 e. The summed E-state index contributed by atoms with van der Waals surface area (Å²) in [4.78, 5) is 0.188.